The third kappa shape index (κ3) is 3.56. The second-order valence-electron chi connectivity index (χ2n) is 8.46. The van der Waals surface area contributed by atoms with Crippen LogP contribution in [-0.4, -0.2) is 47.7 Å². The van der Waals surface area contributed by atoms with Crippen molar-refractivity contribution in [2.24, 2.45) is 0 Å². The predicted molar refractivity (Wildman–Crippen MR) is 117 cm³/mol. The Morgan fingerprint density at radius 2 is 1.81 bits per heavy atom. The summed E-state index contributed by atoms with van der Waals surface area (Å²) in [5.74, 6) is -1.46. The van der Waals surface area contributed by atoms with E-state index in [-0.39, 0.29) is 18.7 Å². The van der Waals surface area contributed by atoms with Crippen LogP contribution >= 0.6 is 0 Å². The Kier molecular flexibility index (Phi) is 5.22. The fraction of sp³-hybridized carbons (Fsp3) is 0.333. The summed E-state index contributed by atoms with van der Waals surface area (Å²) in [6.07, 6.45) is 1.26. The van der Waals surface area contributed by atoms with Crippen LogP contribution in [0.4, 0.5) is 5.69 Å². The molecule has 2 unspecified atom stereocenters. The van der Waals surface area contributed by atoms with Crippen LogP contribution in [0.25, 0.3) is 0 Å². The minimum Gasteiger partial charge on any atom is -0.384 e. The van der Waals surface area contributed by atoms with Gasteiger partial charge in [-0.2, -0.15) is 0 Å². The van der Waals surface area contributed by atoms with Crippen LogP contribution in [0, 0.1) is 0 Å². The number of para-hydroxylation sites is 1. The molecule has 3 N–H and O–H groups in total. The molecule has 2 atom stereocenters. The lowest BCUT2D eigenvalue weighted by atomic mass is 9.98. The number of carbonyl (C=O) groups is 4. The smallest absolute Gasteiger partial charge is 0.262 e. The molecule has 2 aromatic rings. The van der Waals surface area contributed by atoms with Crippen LogP contribution < -0.4 is 16.0 Å². The first-order chi connectivity index (χ1) is 15.5. The molecule has 5 rings (SSSR count). The van der Waals surface area contributed by atoms with Crippen LogP contribution in [0.2, 0.25) is 0 Å². The Hall–Kier alpha value is -3.52. The lowest BCUT2D eigenvalue weighted by Gasteiger charge is -2.27. The minimum absolute atomic E-state index is 0.111. The lowest BCUT2D eigenvalue weighted by Crippen LogP contribution is -2.54. The molecule has 8 heteroatoms. The van der Waals surface area contributed by atoms with Gasteiger partial charge in [-0.25, -0.2) is 0 Å². The summed E-state index contributed by atoms with van der Waals surface area (Å²) < 4.78 is 0. The third-order valence-electron chi connectivity index (χ3n) is 6.44. The number of rotatable bonds is 6. The van der Waals surface area contributed by atoms with Gasteiger partial charge in [0.15, 0.2) is 0 Å². The molecule has 0 aromatic heterocycles. The summed E-state index contributed by atoms with van der Waals surface area (Å²) in [6.45, 7) is 2.34. The quantitative estimate of drug-likeness (QED) is 0.474. The van der Waals surface area contributed by atoms with Gasteiger partial charge in [-0.15, -0.1) is 0 Å². The zero-order chi connectivity index (χ0) is 22.2. The molecule has 1 fully saturated rings. The van der Waals surface area contributed by atoms with Gasteiger partial charge < -0.3 is 10.6 Å². The summed E-state index contributed by atoms with van der Waals surface area (Å²) in [7, 11) is 0. The average Bonchev–Trinajstić information content (AvgIpc) is 3.31. The number of nitrogens with one attached hydrogen (secondary N) is 3. The van der Waals surface area contributed by atoms with Gasteiger partial charge in [-0.1, -0.05) is 24.3 Å². The molecule has 0 spiro atoms. The zero-order valence-electron chi connectivity index (χ0n) is 17.5. The van der Waals surface area contributed by atoms with E-state index in [0.29, 0.717) is 23.6 Å². The molecular weight excluding hydrogens is 408 g/mol. The molecule has 0 radical (unpaired) electrons. The topological polar surface area (TPSA) is 108 Å². The molecule has 0 aliphatic carbocycles. The van der Waals surface area contributed by atoms with E-state index in [4.69, 9.17) is 0 Å². The number of hydrogen-bond donors (Lipinski definition) is 3. The van der Waals surface area contributed by atoms with Crippen LogP contribution in [0.5, 0.6) is 0 Å². The van der Waals surface area contributed by atoms with Gasteiger partial charge in [-0.3, -0.25) is 29.4 Å². The van der Waals surface area contributed by atoms with E-state index in [9.17, 15) is 19.2 Å². The Balaban J connectivity index is 1.21. The second-order valence-corrected chi connectivity index (χ2v) is 8.46. The van der Waals surface area contributed by atoms with Gasteiger partial charge >= 0.3 is 0 Å². The highest BCUT2D eigenvalue weighted by atomic mass is 16.2. The number of hydrogen-bond acceptors (Lipinski definition) is 6. The van der Waals surface area contributed by atoms with Crippen molar-refractivity contribution in [3.63, 3.8) is 0 Å². The molecule has 3 heterocycles. The van der Waals surface area contributed by atoms with Crippen LogP contribution in [0.1, 0.15) is 57.0 Å². The average molecular weight is 432 g/mol. The summed E-state index contributed by atoms with van der Waals surface area (Å²) in [6, 6.07) is 12.6. The summed E-state index contributed by atoms with van der Waals surface area (Å²) in [5.41, 5.74) is 4.08. The maximum Gasteiger partial charge on any atom is 0.262 e. The van der Waals surface area contributed by atoms with E-state index in [1.165, 1.54) is 11.3 Å². The first kappa shape index (κ1) is 20.4. The second kappa shape index (κ2) is 8.20. The van der Waals surface area contributed by atoms with Gasteiger partial charge in [0.05, 0.1) is 11.1 Å². The molecule has 3 aliphatic rings. The summed E-state index contributed by atoms with van der Waals surface area (Å²) in [4.78, 5) is 50.3. The molecule has 2 aromatic carbocycles. The van der Waals surface area contributed by atoms with Gasteiger partial charge in [0.25, 0.3) is 11.8 Å². The number of nitrogens with zero attached hydrogens (tertiary/aromatic N) is 1. The van der Waals surface area contributed by atoms with Gasteiger partial charge in [0.2, 0.25) is 11.8 Å². The van der Waals surface area contributed by atoms with Gasteiger partial charge in [-0.05, 0) is 48.7 Å². The van der Waals surface area contributed by atoms with Crippen LogP contribution in [0.15, 0.2) is 42.5 Å². The first-order valence-electron chi connectivity index (χ1n) is 10.9. The van der Waals surface area contributed by atoms with E-state index in [0.717, 1.165) is 30.0 Å². The number of piperidine rings is 1. The number of carbonyl (C=O) groups excluding carboxylic acids is 4. The Bertz CT molecular complexity index is 1130. The molecule has 4 amide bonds. The molecular formula is C24H24N4O4. The van der Waals surface area contributed by atoms with E-state index >= 15 is 0 Å². The number of imide groups is 2. The van der Waals surface area contributed by atoms with E-state index in [2.05, 4.69) is 34.1 Å². The van der Waals surface area contributed by atoms with E-state index < -0.39 is 23.8 Å². The lowest BCUT2D eigenvalue weighted by molar-refractivity contribution is -0.136. The molecule has 1 saturated heterocycles. The molecule has 8 nitrogen and oxygen atoms in total. The molecule has 164 valence electrons. The van der Waals surface area contributed by atoms with Crippen molar-refractivity contribution in [2.45, 2.75) is 37.8 Å². The number of fused-ring (bicyclic) bond motifs is 2. The van der Waals surface area contributed by atoms with Crippen molar-refractivity contribution < 1.29 is 19.2 Å². The molecule has 0 bridgehead atoms. The SMILES string of the molecule is O=C1CCC(N2C(=O)c3ccc(CNCCC4CNc5ccccc54)cc3C2=O)C(=O)N1. The van der Waals surface area contributed by atoms with Crippen molar-refractivity contribution in [2.75, 3.05) is 18.4 Å². The Morgan fingerprint density at radius 3 is 2.66 bits per heavy atom. The highest BCUT2D eigenvalue weighted by molar-refractivity contribution is 6.23. The number of benzene rings is 2. The van der Waals surface area contributed by atoms with Crippen molar-refractivity contribution in [1.29, 1.82) is 0 Å². The maximum absolute atomic E-state index is 12.9. The fourth-order valence-corrected chi connectivity index (χ4v) is 4.75. The summed E-state index contributed by atoms with van der Waals surface area (Å²) in [5, 5.41) is 9.07. The van der Waals surface area contributed by atoms with Crippen LogP contribution in [0.3, 0.4) is 0 Å². The highest BCUT2D eigenvalue weighted by Gasteiger charge is 2.44. The monoisotopic (exact) mass is 432 g/mol. The molecule has 0 saturated carbocycles. The maximum atomic E-state index is 12.9. The van der Waals surface area contributed by atoms with Gasteiger partial charge in [0, 0.05) is 31.1 Å². The van der Waals surface area contributed by atoms with E-state index in [1.54, 1.807) is 12.1 Å². The Labute approximate surface area is 185 Å². The van der Waals surface area contributed by atoms with E-state index in [1.807, 2.05) is 12.1 Å². The number of anilines is 1. The Morgan fingerprint density at radius 1 is 1.00 bits per heavy atom. The van der Waals surface area contributed by atoms with Crippen molar-refractivity contribution >= 4 is 29.3 Å². The largest absolute Gasteiger partial charge is 0.384 e. The van der Waals surface area contributed by atoms with Gasteiger partial charge in [0.1, 0.15) is 6.04 Å². The van der Waals surface area contributed by atoms with Crippen molar-refractivity contribution in [3.05, 3.63) is 64.7 Å². The highest BCUT2D eigenvalue weighted by Crippen LogP contribution is 2.33. The normalized spacial score (nSPS) is 21.9. The first-order valence-corrected chi connectivity index (χ1v) is 10.9. The molecule has 3 aliphatic heterocycles. The number of amides is 4. The zero-order valence-corrected chi connectivity index (χ0v) is 17.5. The van der Waals surface area contributed by atoms with Crippen molar-refractivity contribution in [3.8, 4) is 0 Å². The standard InChI is InChI=1S/C24H24N4O4/c29-21-8-7-20(22(30)27-21)28-23(31)17-6-5-14(11-18(17)24(28)32)12-25-10-9-15-13-26-19-4-2-1-3-16(15)19/h1-6,11,15,20,25-26H,7-10,12-13H2,(H,27,29,30). The predicted octanol–water partition coefficient (Wildman–Crippen LogP) is 1.78. The van der Waals surface area contributed by atoms with Crippen LogP contribution in [-0.2, 0) is 16.1 Å². The van der Waals surface area contributed by atoms with Crippen molar-refractivity contribution in [1.82, 2.24) is 15.5 Å². The summed E-state index contributed by atoms with van der Waals surface area (Å²) >= 11 is 0. The molecule has 32 heavy (non-hydrogen) atoms. The minimum atomic E-state index is -0.940. The fourth-order valence-electron chi connectivity index (χ4n) is 4.75. The third-order valence-corrected chi connectivity index (χ3v) is 6.44.